The highest BCUT2D eigenvalue weighted by Crippen LogP contribution is 2.18. The first-order valence-electron chi connectivity index (χ1n) is 7.82. The molecule has 5 nitrogen and oxygen atoms in total. The van der Waals surface area contributed by atoms with Crippen LogP contribution in [0.25, 0.3) is 0 Å². The van der Waals surface area contributed by atoms with Crippen LogP contribution in [0.2, 0.25) is 0 Å². The molecule has 6 heteroatoms. The normalized spacial score (nSPS) is 16.3. The molecule has 0 aliphatic heterocycles. The van der Waals surface area contributed by atoms with Gasteiger partial charge in [-0.2, -0.15) is 0 Å². The van der Waals surface area contributed by atoms with Crippen LogP contribution in [-0.4, -0.2) is 37.5 Å². The zero-order valence-electron chi connectivity index (χ0n) is 13.8. The van der Waals surface area contributed by atoms with Crippen LogP contribution >= 0.6 is 24.0 Å². The number of rotatable bonds is 6. The van der Waals surface area contributed by atoms with Gasteiger partial charge in [-0.05, 0) is 40.5 Å². The van der Waals surface area contributed by atoms with Gasteiger partial charge >= 0.3 is 0 Å². The van der Waals surface area contributed by atoms with Crippen molar-refractivity contribution < 1.29 is 4.79 Å². The molecule has 21 heavy (non-hydrogen) atoms. The van der Waals surface area contributed by atoms with E-state index >= 15 is 0 Å². The van der Waals surface area contributed by atoms with E-state index in [0.717, 1.165) is 12.5 Å². The van der Waals surface area contributed by atoms with Gasteiger partial charge in [0.2, 0.25) is 5.91 Å². The van der Waals surface area contributed by atoms with Gasteiger partial charge in [0.1, 0.15) is 0 Å². The average Bonchev–Trinajstić information content (AvgIpc) is 2.89. The van der Waals surface area contributed by atoms with Crippen LogP contribution in [0.3, 0.4) is 0 Å². The van der Waals surface area contributed by atoms with E-state index in [1.807, 2.05) is 20.8 Å². The molecule has 0 atom stereocenters. The van der Waals surface area contributed by atoms with Crippen LogP contribution < -0.4 is 16.0 Å². The van der Waals surface area contributed by atoms with Crippen molar-refractivity contribution in [2.75, 3.05) is 19.6 Å². The second kappa shape index (κ2) is 10.2. The van der Waals surface area contributed by atoms with Crippen LogP contribution in [0.15, 0.2) is 4.99 Å². The summed E-state index contributed by atoms with van der Waals surface area (Å²) in [6, 6.07) is 0.528. The van der Waals surface area contributed by atoms with Crippen LogP contribution in [-0.2, 0) is 4.79 Å². The summed E-state index contributed by atoms with van der Waals surface area (Å²) < 4.78 is 0. The maximum Gasteiger partial charge on any atom is 0.227 e. The standard InChI is InChI=1S/C15H30N4O.HI/c1-5-16-13(20)15(3,4)11-18-14(17-6-2)19-12-9-7-8-10-12;/h12H,5-11H2,1-4H3,(H,16,20)(H2,17,18,19);1H. The number of carbonyl (C=O) groups is 1. The minimum atomic E-state index is -0.478. The molecule has 1 saturated carbocycles. The lowest BCUT2D eigenvalue weighted by Gasteiger charge is -2.23. The highest BCUT2D eigenvalue weighted by molar-refractivity contribution is 14.0. The minimum absolute atomic E-state index is 0. The van der Waals surface area contributed by atoms with Crippen LogP contribution in [0, 0.1) is 5.41 Å². The molecule has 0 aromatic heterocycles. The van der Waals surface area contributed by atoms with E-state index in [1.165, 1.54) is 25.7 Å². The highest BCUT2D eigenvalue weighted by atomic mass is 127. The van der Waals surface area contributed by atoms with Gasteiger partial charge < -0.3 is 16.0 Å². The molecule has 0 unspecified atom stereocenters. The van der Waals surface area contributed by atoms with Crippen LogP contribution in [0.1, 0.15) is 53.4 Å². The fourth-order valence-corrected chi connectivity index (χ4v) is 2.33. The molecule has 0 aromatic carbocycles. The average molecular weight is 410 g/mol. The maximum atomic E-state index is 12.0. The van der Waals surface area contributed by atoms with Crippen molar-refractivity contribution in [2.45, 2.75) is 59.4 Å². The lowest BCUT2D eigenvalue weighted by Crippen LogP contribution is -2.44. The number of halogens is 1. The lowest BCUT2D eigenvalue weighted by molar-refractivity contribution is -0.128. The van der Waals surface area contributed by atoms with Crippen LogP contribution in [0.5, 0.6) is 0 Å². The van der Waals surface area contributed by atoms with Gasteiger partial charge in [0.15, 0.2) is 5.96 Å². The second-order valence-corrected chi connectivity index (χ2v) is 6.06. The van der Waals surface area contributed by atoms with Crippen molar-refractivity contribution in [3.05, 3.63) is 0 Å². The first-order valence-corrected chi connectivity index (χ1v) is 7.82. The maximum absolute atomic E-state index is 12.0. The summed E-state index contributed by atoms with van der Waals surface area (Å²) in [7, 11) is 0. The summed E-state index contributed by atoms with van der Waals surface area (Å²) >= 11 is 0. The van der Waals surface area contributed by atoms with Gasteiger partial charge in [-0.1, -0.05) is 12.8 Å². The fourth-order valence-electron chi connectivity index (χ4n) is 2.33. The molecule has 0 bridgehead atoms. The number of hydrogen-bond donors (Lipinski definition) is 3. The molecule has 124 valence electrons. The Kier molecular flexibility index (Phi) is 9.98. The fraction of sp³-hybridized carbons (Fsp3) is 0.867. The minimum Gasteiger partial charge on any atom is -0.357 e. The smallest absolute Gasteiger partial charge is 0.227 e. The van der Waals surface area contributed by atoms with Crippen molar-refractivity contribution in [2.24, 2.45) is 10.4 Å². The van der Waals surface area contributed by atoms with E-state index in [0.29, 0.717) is 19.1 Å². The van der Waals surface area contributed by atoms with E-state index in [1.54, 1.807) is 0 Å². The zero-order chi connectivity index (χ0) is 15.0. The number of guanidine groups is 1. The summed E-state index contributed by atoms with van der Waals surface area (Å²) in [5.41, 5.74) is -0.478. The molecular formula is C15H31IN4O. The van der Waals surface area contributed by atoms with Gasteiger partial charge in [-0.15, -0.1) is 24.0 Å². The van der Waals surface area contributed by atoms with E-state index in [4.69, 9.17) is 0 Å². The van der Waals surface area contributed by atoms with Crippen LogP contribution in [0.4, 0.5) is 0 Å². The largest absolute Gasteiger partial charge is 0.357 e. The lowest BCUT2D eigenvalue weighted by atomic mass is 9.92. The van der Waals surface area contributed by atoms with E-state index in [2.05, 4.69) is 27.9 Å². The zero-order valence-corrected chi connectivity index (χ0v) is 16.1. The van der Waals surface area contributed by atoms with Gasteiger partial charge in [0.25, 0.3) is 0 Å². The first-order chi connectivity index (χ1) is 9.49. The van der Waals surface area contributed by atoms with Crippen molar-refractivity contribution >= 4 is 35.8 Å². The second-order valence-electron chi connectivity index (χ2n) is 6.06. The summed E-state index contributed by atoms with van der Waals surface area (Å²) in [6.45, 7) is 9.83. The number of nitrogens with zero attached hydrogens (tertiary/aromatic N) is 1. The first kappa shape index (κ1) is 20.5. The molecule has 0 radical (unpaired) electrons. The van der Waals surface area contributed by atoms with Gasteiger partial charge in [0, 0.05) is 19.1 Å². The molecule has 0 heterocycles. The van der Waals surface area contributed by atoms with Gasteiger partial charge in [-0.25, -0.2) is 0 Å². The number of amides is 1. The third-order valence-electron chi connectivity index (χ3n) is 3.62. The molecule has 1 fully saturated rings. The molecule has 1 amide bonds. The van der Waals surface area contributed by atoms with E-state index in [9.17, 15) is 4.79 Å². The topological polar surface area (TPSA) is 65.5 Å². The van der Waals surface area contributed by atoms with E-state index < -0.39 is 5.41 Å². The molecular weight excluding hydrogens is 379 g/mol. The molecule has 0 spiro atoms. The molecule has 1 rings (SSSR count). The summed E-state index contributed by atoms with van der Waals surface area (Å²) in [4.78, 5) is 16.5. The number of hydrogen-bond acceptors (Lipinski definition) is 2. The molecule has 0 aromatic rings. The third kappa shape index (κ3) is 7.33. The SMILES string of the molecule is CCNC(=O)C(C)(C)CN=C(NCC)NC1CCCC1.I. The molecule has 3 N–H and O–H groups in total. The predicted octanol–water partition coefficient (Wildman–Crippen LogP) is 2.26. The predicted molar refractivity (Wildman–Crippen MR) is 99.3 cm³/mol. The van der Waals surface area contributed by atoms with Gasteiger partial charge in [-0.3, -0.25) is 9.79 Å². The molecule has 1 aliphatic carbocycles. The van der Waals surface area contributed by atoms with Crippen molar-refractivity contribution in [1.29, 1.82) is 0 Å². The number of aliphatic imine (C=N–C) groups is 1. The summed E-state index contributed by atoms with van der Waals surface area (Å²) in [6.07, 6.45) is 5.01. The van der Waals surface area contributed by atoms with Gasteiger partial charge in [0.05, 0.1) is 12.0 Å². The summed E-state index contributed by atoms with van der Waals surface area (Å²) in [5, 5.41) is 9.59. The number of carbonyl (C=O) groups excluding carboxylic acids is 1. The Bertz CT molecular complexity index is 339. The Hall–Kier alpha value is -0.530. The molecule has 1 aliphatic rings. The van der Waals surface area contributed by atoms with Crippen molar-refractivity contribution in [3.8, 4) is 0 Å². The Labute approximate surface area is 146 Å². The Morgan fingerprint density at radius 3 is 2.24 bits per heavy atom. The van der Waals surface area contributed by atoms with Crippen molar-refractivity contribution in [3.63, 3.8) is 0 Å². The highest BCUT2D eigenvalue weighted by Gasteiger charge is 2.27. The number of nitrogens with one attached hydrogen (secondary N) is 3. The quantitative estimate of drug-likeness (QED) is 0.358. The molecule has 0 saturated heterocycles. The van der Waals surface area contributed by atoms with Crippen molar-refractivity contribution in [1.82, 2.24) is 16.0 Å². The Balaban J connectivity index is 0.00000400. The Morgan fingerprint density at radius 2 is 1.71 bits per heavy atom. The Morgan fingerprint density at radius 1 is 1.14 bits per heavy atom. The monoisotopic (exact) mass is 410 g/mol. The van der Waals surface area contributed by atoms with E-state index in [-0.39, 0.29) is 29.9 Å². The third-order valence-corrected chi connectivity index (χ3v) is 3.62. The summed E-state index contributed by atoms with van der Waals surface area (Å²) in [5.74, 6) is 0.886.